The van der Waals surface area contributed by atoms with E-state index in [1.807, 2.05) is 12.1 Å². The zero-order chi connectivity index (χ0) is 17.1. The maximum atomic E-state index is 13.8. The number of aliphatic imine (C=N–C) groups is 1. The van der Waals surface area contributed by atoms with E-state index in [1.54, 1.807) is 7.05 Å². The SMILES string of the molecule is CN=C(NCc1ccccc1C)NC1CC1c1c(F)cccc1F.I. The van der Waals surface area contributed by atoms with Gasteiger partial charge in [-0.1, -0.05) is 30.3 Å². The van der Waals surface area contributed by atoms with Crippen LogP contribution in [-0.2, 0) is 6.54 Å². The lowest BCUT2D eigenvalue weighted by Crippen LogP contribution is -2.38. The van der Waals surface area contributed by atoms with Crippen LogP contribution in [0.15, 0.2) is 47.5 Å². The van der Waals surface area contributed by atoms with E-state index in [2.05, 4.69) is 34.7 Å². The Morgan fingerprint density at radius 1 is 1.12 bits per heavy atom. The minimum absolute atomic E-state index is 0. The lowest BCUT2D eigenvalue weighted by atomic mass is 10.1. The number of aryl methyl sites for hydroxylation is 1. The van der Waals surface area contributed by atoms with Crippen molar-refractivity contribution in [3.8, 4) is 0 Å². The minimum Gasteiger partial charge on any atom is -0.353 e. The maximum absolute atomic E-state index is 13.8. The van der Waals surface area contributed by atoms with Gasteiger partial charge in [0.1, 0.15) is 11.6 Å². The molecule has 25 heavy (non-hydrogen) atoms. The molecule has 3 nitrogen and oxygen atoms in total. The summed E-state index contributed by atoms with van der Waals surface area (Å²) in [5.41, 5.74) is 2.57. The zero-order valence-corrected chi connectivity index (χ0v) is 16.6. The summed E-state index contributed by atoms with van der Waals surface area (Å²) in [4.78, 5) is 4.19. The van der Waals surface area contributed by atoms with Crippen LogP contribution in [0.2, 0.25) is 0 Å². The first kappa shape index (κ1) is 19.6. The van der Waals surface area contributed by atoms with Crippen molar-refractivity contribution in [1.29, 1.82) is 0 Å². The fourth-order valence-corrected chi connectivity index (χ4v) is 2.90. The summed E-state index contributed by atoms with van der Waals surface area (Å²) < 4.78 is 27.7. The van der Waals surface area contributed by atoms with Crippen molar-refractivity contribution in [2.24, 2.45) is 4.99 Å². The highest BCUT2D eigenvalue weighted by molar-refractivity contribution is 14.0. The topological polar surface area (TPSA) is 36.4 Å². The van der Waals surface area contributed by atoms with Gasteiger partial charge in [-0.15, -0.1) is 24.0 Å². The van der Waals surface area contributed by atoms with Gasteiger partial charge in [-0.25, -0.2) is 8.78 Å². The summed E-state index contributed by atoms with van der Waals surface area (Å²) in [6.07, 6.45) is 0.697. The van der Waals surface area contributed by atoms with Gasteiger partial charge in [0, 0.05) is 31.1 Å². The molecular weight excluding hydrogens is 435 g/mol. The quantitative estimate of drug-likeness (QED) is 0.412. The van der Waals surface area contributed by atoms with Gasteiger partial charge < -0.3 is 10.6 Å². The Balaban J connectivity index is 0.00000225. The van der Waals surface area contributed by atoms with Gasteiger partial charge in [-0.05, 0) is 36.6 Å². The molecule has 0 bridgehead atoms. The van der Waals surface area contributed by atoms with E-state index in [1.165, 1.54) is 29.3 Å². The molecule has 0 saturated heterocycles. The summed E-state index contributed by atoms with van der Waals surface area (Å²) in [6, 6.07) is 12.1. The molecule has 1 fully saturated rings. The molecule has 0 radical (unpaired) electrons. The van der Waals surface area contributed by atoms with E-state index in [0.717, 1.165) is 0 Å². The van der Waals surface area contributed by atoms with Gasteiger partial charge in [-0.2, -0.15) is 0 Å². The summed E-state index contributed by atoms with van der Waals surface area (Å²) in [7, 11) is 1.69. The minimum atomic E-state index is -0.479. The van der Waals surface area contributed by atoms with Crippen LogP contribution in [-0.4, -0.2) is 19.0 Å². The second kappa shape index (κ2) is 8.60. The van der Waals surface area contributed by atoms with E-state index >= 15 is 0 Å². The predicted octanol–water partition coefficient (Wildman–Crippen LogP) is 4.11. The lowest BCUT2D eigenvalue weighted by Gasteiger charge is -2.13. The average Bonchev–Trinajstić information content (AvgIpc) is 3.31. The number of benzene rings is 2. The number of halogens is 3. The van der Waals surface area contributed by atoms with Gasteiger partial charge in [0.15, 0.2) is 5.96 Å². The lowest BCUT2D eigenvalue weighted by molar-refractivity contribution is 0.553. The van der Waals surface area contributed by atoms with Crippen LogP contribution in [0.5, 0.6) is 0 Å². The molecule has 2 atom stereocenters. The van der Waals surface area contributed by atoms with E-state index in [9.17, 15) is 8.78 Å². The van der Waals surface area contributed by atoms with Gasteiger partial charge in [0.05, 0.1) is 0 Å². The summed E-state index contributed by atoms with van der Waals surface area (Å²) in [6.45, 7) is 2.71. The van der Waals surface area contributed by atoms with Crippen molar-refractivity contribution in [1.82, 2.24) is 10.6 Å². The molecule has 0 aromatic heterocycles. The van der Waals surface area contributed by atoms with E-state index < -0.39 is 11.6 Å². The smallest absolute Gasteiger partial charge is 0.191 e. The second-order valence-corrected chi connectivity index (χ2v) is 6.08. The van der Waals surface area contributed by atoms with Crippen LogP contribution in [0.3, 0.4) is 0 Å². The number of nitrogens with zero attached hydrogens (tertiary/aromatic N) is 1. The van der Waals surface area contributed by atoms with Gasteiger partial charge in [0.25, 0.3) is 0 Å². The Morgan fingerprint density at radius 2 is 1.80 bits per heavy atom. The molecule has 3 rings (SSSR count). The maximum Gasteiger partial charge on any atom is 0.191 e. The van der Waals surface area contributed by atoms with Crippen LogP contribution in [0.4, 0.5) is 8.78 Å². The fraction of sp³-hybridized carbons (Fsp3) is 0.316. The highest BCUT2D eigenvalue weighted by Gasteiger charge is 2.42. The number of hydrogen-bond donors (Lipinski definition) is 2. The Kier molecular flexibility index (Phi) is 6.75. The molecule has 1 saturated carbocycles. The highest BCUT2D eigenvalue weighted by atomic mass is 127. The number of guanidine groups is 1. The van der Waals surface area contributed by atoms with Crippen LogP contribution in [0, 0.1) is 18.6 Å². The fourth-order valence-electron chi connectivity index (χ4n) is 2.90. The molecule has 2 aromatic rings. The van der Waals surface area contributed by atoms with E-state index in [0.29, 0.717) is 18.9 Å². The summed E-state index contributed by atoms with van der Waals surface area (Å²) in [5.74, 6) is -0.468. The zero-order valence-electron chi connectivity index (χ0n) is 14.2. The molecule has 2 aromatic carbocycles. The average molecular weight is 457 g/mol. The van der Waals surface area contributed by atoms with Gasteiger partial charge >= 0.3 is 0 Å². The van der Waals surface area contributed by atoms with Crippen molar-refractivity contribution in [2.45, 2.75) is 31.8 Å². The molecule has 0 aliphatic heterocycles. The molecular formula is C19H22F2IN3. The third-order valence-electron chi connectivity index (χ3n) is 4.41. The summed E-state index contributed by atoms with van der Waals surface area (Å²) >= 11 is 0. The number of nitrogens with one attached hydrogen (secondary N) is 2. The molecule has 2 unspecified atom stereocenters. The predicted molar refractivity (Wildman–Crippen MR) is 107 cm³/mol. The van der Waals surface area contributed by atoms with Crippen LogP contribution >= 0.6 is 24.0 Å². The van der Waals surface area contributed by atoms with Crippen molar-refractivity contribution < 1.29 is 8.78 Å². The first-order chi connectivity index (χ1) is 11.6. The van der Waals surface area contributed by atoms with Crippen LogP contribution in [0.25, 0.3) is 0 Å². The van der Waals surface area contributed by atoms with Crippen molar-refractivity contribution >= 4 is 29.9 Å². The van der Waals surface area contributed by atoms with Crippen molar-refractivity contribution in [3.05, 3.63) is 70.8 Å². The van der Waals surface area contributed by atoms with Gasteiger partial charge in [-0.3, -0.25) is 4.99 Å². The first-order valence-electron chi connectivity index (χ1n) is 8.05. The van der Waals surface area contributed by atoms with E-state index in [4.69, 9.17) is 0 Å². The molecule has 0 heterocycles. The van der Waals surface area contributed by atoms with Crippen LogP contribution in [0.1, 0.15) is 29.0 Å². The standard InChI is InChI=1S/C19H21F2N3.HI/c1-12-6-3-4-7-13(12)11-23-19(22-2)24-17-10-14(17)18-15(20)8-5-9-16(18)21;/h3-9,14,17H,10-11H2,1-2H3,(H2,22,23,24);1H. The Bertz CT molecular complexity index is 744. The molecule has 0 spiro atoms. The molecule has 1 aliphatic rings. The van der Waals surface area contributed by atoms with E-state index in [-0.39, 0.29) is 41.5 Å². The highest BCUT2D eigenvalue weighted by Crippen LogP contribution is 2.43. The molecule has 134 valence electrons. The molecule has 0 amide bonds. The molecule has 1 aliphatic carbocycles. The van der Waals surface area contributed by atoms with Gasteiger partial charge in [0.2, 0.25) is 0 Å². The normalized spacial score (nSPS) is 19.1. The number of rotatable bonds is 4. The third kappa shape index (κ3) is 4.68. The van der Waals surface area contributed by atoms with Crippen LogP contribution < -0.4 is 10.6 Å². The Hall–Kier alpha value is -1.70. The summed E-state index contributed by atoms with van der Waals surface area (Å²) in [5, 5.41) is 6.49. The first-order valence-corrected chi connectivity index (χ1v) is 8.05. The molecule has 2 N–H and O–H groups in total. The largest absolute Gasteiger partial charge is 0.353 e. The van der Waals surface area contributed by atoms with Crippen molar-refractivity contribution in [3.63, 3.8) is 0 Å². The monoisotopic (exact) mass is 457 g/mol. The number of hydrogen-bond acceptors (Lipinski definition) is 1. The third-order valence-corrected chi connectivity index (χ3v) is 4.41. The molecule has 6 heteroatoms. The Labute approximate surface area is 164 Å². The second-order valence-electron chi connectivity index (χ2n) is 6.08. The van der Waals surface area contributed by atoms with Crippen molar-refractivity contribution in [2.75, 3.05) is 7.05 Å². The Morgan fingerprint density at radius 3 is 2.44 bits per heavy atom.